The van der Waals surface area contributed by atoms with E-state index in [0.29, 0.717) is 18.1 Å². The van der Waals surface area contributed by atoms with Crippen LogP contribution in [0.1, 0.15) is 27.5 Å². The Labute approximate surface area is 168 Å². The van der Waals surface area contributed by atoms with Gasteiger partial charge in [-0.1, -0.05) is 42.5 Å². The van der Waals surface area contributed by atoms with Gasteiger partial charge in [-0.2, -0.15) is 0 Å². The van der Waals surface area contributed by atoms with Gasteiger partial charge < -0.3 is 13.9 Å². The molecule has 0 aliphatic rings. The number of carbonyl (C=O) groups is 1. The lowest BCUT2D eigenvalue weighted by molar-refractivity contribution is 0.0706. The lowest BCUT2D eigenvalue weighted by atomic mass is 10.1. The topological polar surface area (TPSA) is 51.3 Å². The van der Waals surface area contributed by atoms with Crippen molar-refractivity contribution in [1.82, 2.24) is 14.5 Å². The highest BCUT2D eigenvalue weighted by atomic mass is 19.1. The molecule has 2 aromatic carbocycles. The molecule has 4 aromatic rings. The Kier molecular flexibility index (Phi) is 5.52. The molecule has 2 aromatic heterocycles. The maximum absolute atomic E-state index is 14.2. The lowest BCUT2D eigenvalue weighted by Gasteiger charge is -2.22. The quantitative estimate of drug-likeness (QED) is 0.467. The Morgan fingerprint density at radius 3 is 2.55 bits per heavy atom. The van der Waals surface area contributed by atoms with Gasteiger partial charge in [0, 0.05) is 18.9 Å². The fourth-order valence-electron chi connectivity index (χ4n) is 3.18. The molecule has 0 N–H and O–H groups in total. The Bertz CT molecular complexity index is 1070. The molecule has 146 valence electrons. The number of rotatable bonds is 7. The van der Waals surface area contributed by atoms with Gasteiger partial charge in [0.25, 0.3) is 5.91 Å². The first-order chi connectivity index (χ1) is 14.2. The summed E-state index contributed by atoms with van der Waals surface area (Å²) in [5, 5.41) is 0. The van der Waals surface area contributed by atoms with Crippen molar-refractivity contribution in [3.8, 4) is 0 Å². The zero-order chi connectivity index (χ0) is 20.1. The Morgan fingerprint density at radius 2 is 1.79 bits per heavy atom. The summed E-state index contributed by atoms with van der Waals surface area (Å²) in [5.74, 6) is 0.379. The zero-order valence-electron chi connectivity index (χ0n) is 15.7. The second kappa shape index (κ2) is 8.56. The summed E-state index contributed by atoms with van der Waals surface area (Å²) in [7, 11) is 0. The predicted molar refractivity (Wildman–Crippen MR) is 106 cm³/mol. The molecule has 0 bridgehead atoms. The number of furan rings is 1. The minimum Gasteiger partial charge on any atom is -0.467 e. The average molecular weight is 389 g/mol. The first kappa shape index (κ1) is 18.7. The molecular weight excluding hydrogens is 369 g/mol. The summed E-state index contributed by atoms with van der Waals surface area (Å²) in [4.78, 5) is 19.1. The van der Waals surface area contributed by atoms with Crippen LogP contribution < -0.4 is 0 Å². The zero-order valence-corrected chi connectivity index (χ0v) is 15.7. The van der Waals surface area contributed by atoms with Crippen molar-refractivity contribution in [2.45, 2.75) is 19.6 Å². The van der Waals surface area contributed by atoms with Crippen LogP contribution in [0.25, 0.3) is 0 Å². The van der Waals surface area contributed by atoms with Crippen LogP contribution >= 0.6 is 0 Å². The summed E-state index contributed by atoms with van der Waals surface area (Å²) >= 11 is 0. The highest BCUT2D eigenvalue weighted by molar-refractivity contribution is 5.94. The van der Waals surface area contributed by atoms with Crippen molar-refractivity contribution < 1.29 is 13.6 Å². The largest absolute Gasteiger partial charge is 0.467 e. The van der Waals surface area contributed by atoms with E-state index < -0.39 is 11.7 Å². The molecule has 1 amide bonds. The van der Waals surface area contributed by atoms with Crippen LogP contribution in [0.3, 0.4) is 0 Å². The third kappa shape index (κ3) is 4.43. The molecule has 0 saturated carbocycles. The number of carbonyl (C=O) groups excluding carboxylic acids is 1. The van der Waals surface area contributed by atoms with Crippen LogP contribution in [0.2, 0.25) is 0 Å². The van der Waals surface area contributed by atoms with Crippen molar-refractivity contribution in [3.05, 3.63) is 114 Å². The third-order valence-corrected chi connectivity index (χ3v) is 4.65. The number of halogens is 1. The predicted octanol–water partition coefficient (Wildman–Crippen LogP) is 4.51. The number of aromatic nitrogens is 2. The molecule has 4 rings (SSSR count). The SMILES string of the molecule is O=C(c1ccccc1F)N(Cc1ccco1)Cc1nccn1Cc1ccccc1. The maximum atomic E-state index is 14.2. The smallest absolute Gasteiger partial charge is 0.257 e. The second-order valence-electron chi connectivity index (χ2n) is 6.68. The van der Waals surface area contributed by atoms with Crippen LogP contribution in [0.5, 0.6) is 0 Å². The minimum absolute atomic E-state index is 0.0280. The minimum atomic E-state index is -0.547. The fraction of sp³-hybridized carbons (Fsp3) is 0.130. The average Bonchev–Trinajstić information content (AvgIpc) is 3.41. The van der Waals surface area contributed by atoms with E-state index in [9.17, 15) is 9.18 Å². The van der Waals surface area contributed by atoms with E-state index in [4.69, 9.17) is 4.42 Å². The highest BCUT2D eigenvalue weighted by Gasteiger charge is 2.22. The van der Waals surface area contributed by atoms with Crippen LogP contribution in [0.15, 0.2) is 89.8 Å². The van der Waals surface area contributed by atoms with Gasteiger partial charge in [-0.3, -0.25) is 4.79 Å². The van der Waals surface area contributed by atoms with Crippen molar-refractivity contribution in [1.29, 1.82) is 0 Å². The molecule has 0 spiro atoms. The molecule has 29 heavy (non-hydrogen) atoms. The molecule has 2 heterocycles. The first-order valence-electron chi connectivity index (χ1n) is 9.31. The van der Waals surface area contributed by atoms with Gasteiger partial charge in [0.15, 0.2) is 0 Å². The summed E-state index contributed by atoms with van der Waals surface area (Å²) < 4.78 is 21.6. The molecule has 0 atom stereocenters. The van der Waals surface area contributed by atoms with E-state index in [2.05, 4.69) is 4.98 Å². The summed E-state index contributed by atoms with van der Waals surface area (Å²) in [6.45, 7) is 1.09. The molecule has 0 saturated heterocycles. The third-order valence-electron chi connectivity index (χ3n) is 4.65. The monoisotopic (exact) mass is 389 g/mol. The molecule has 6 heteroatoms. The molecule has 0 fully saturated rings. The normalized spacial score (nSPS) is 10.8. The van der Waals surface area contributed by atoms with Gasteiger partial charge in [-0.05, 0) is 29.8 Å². The van der Waals surface area contributed by atoms with Crippen molar-refractivity contribution in [3.63, 3.8) is 0 Å². The van der Waals surface area contributed by atoms with E-state index in [-0.39, 0.29) is 18.7 Å². The van der Waals surface area contributed by atoms with Crippen molar-refractivity contribution >= 4 is 5.91 Å². The summed E-state index contributed by atoms with van der Waals surface area (Å²) in [6.07, 6.45) is 5.13. The number of amides is 1. The van der Waals surface area contributed by atoms with Crippen LogP contribution in [0, 0.1) is 5.82 Å². The maximum Gasteiger partial charge on any atom is 0.257 e. The van der Waals surface area contributed by atoms with Gasteiger partial charge >= 0.3 is 0 Å². The van der Waals surface area contributed by atoms with Crippen LogP contribution in [0.4, 0.5) is 4.39 Å². The Morgan fingerprint density at radius 1 is 1.00 bits per heavy atom. The lowest BCUT2D eigenvalue weighted by Crippen LogP contribution is -2.32. The van der Waals surface area contributed by atoms with Gasteiger partial charge in [-0.15, -0.1) is 0 Å². The number of hydrogen-bond donors (Lipinski definition) is 0. The second-order valence-corrected chi connectivity index (χ2v) is 6.68. The molecular formula is C23H20FN3O2. The van der Waals surface area contributed by atoms with Crippen molar-refractivity contribution in [2.75, 3.05) is 0 Å². The number of benzene rings is 2. The Hall–Kier alpha value is -3.67. The van der Waals surface area contributed by atoms with Crippen LogP contribution in [-0.4, -0.2) is 20.4 Å². The Balaban J connectivity index is 1.60. The van der Waals surface area contributed by atoms with Crippen LogP contribution in [-0.2, 0) is 19.6 Å². The summed E-state index contributed by atoms with van der Waals surface area (Å²) in [6, 6.07) is 19.6. The molecule has 5 nitrogen and oxygen atoms in total. The van der Waals surface area contributed by atoms with E-state index in [1.54, 1.807) is 41.6 Å². The number of hydrogen-bond acceptors (Lipinski definition) is 3. The first-order valence-corrected chi connectivity index (χ1v) is 9.31. The number of imidazole rings is 1. The van der Waals surface area contributed by atoms with E-state index in [1.807, 2.05) is 41.1 Å². The van der Waals surface area contributed by atoms with E-state index in [1.165, 1.54) is 12.1 Å². The van der Waals surface area contributed by atoms with E-state index in [0.717, 1.165) is 5.56 Å². The molecule has 0 aliphatic heterocycles. The molecule has 0 radical (unpaired) electrons. The van der Waals surface area contributed by atoms with Crippen molar-refractivity contribution in [2.24, 2.45) is 0 Å². The standard InChI is InChI=1S/C23H20FN3O2/c24-21-11-5-4-10-20(21)23(28)27(16-19-9-6-14-29-19)17-22-25-12-13-26(22)15-18-7-2-1-3-8-18/h1-14H,15-17H2. The summed E-state index contributed by atoms with van der Waals surface area (Å²) in [5.41, 5.74) is 1.16. The van der Waals surface area contributed by atoms with E-state index >= 15 is 0 Å². The van der Waals surface area contributed by atoms with Gasteiger partial charge in [0.05, 0.1) is 24.9 Å². The van der Waals surface area contributed by atoms with Gasteiger partial charge in [-0.25, -0.2) is 9.37 Å². The highest BCUT2D eigenvalue weighted by Crippen LogP contribution is 2.17. The van der Waals surface area contributed by atoms with Gasteiger partial charge in [0.1, 0.15) is 17.4 Å². The number of nitrogens with zero attached hydrogens (tertiary/aromatic N) is 3. The molecule has 0 unspecified atom stereocenters. The molecule has 0 aliphatic carbocycles. The van der Waals surface area contributed by atoms with Gasteiger partial charge in [0.2, 0.25) is 0 Å². The fourth-order valence-corrected chi connectivity index (χ4v) is 3.18.